The molecule has 4 rings (SSSR count). The highest BCUT2D eigenvalue weighted by molar-refractivity contribution is 6.31. The first kappa shape index (κ1) is 21.9. The summed E-state index contributed by atoms with van der Waals surface area (Å²) in [5, 5.41) is 7.12. The van der Waals surface area contributed by atoms with Crippen LogP contribution in [0.3, 0.4) is 0 Å². The third-order valence-electron chi connectivity index (χ3n) is 5.61. The SMILES string of the molecule is CC(=O)Oc1ccc2c(c1)CC(C)(C)C(c1cc(Cl)cc(NC(=O)c3ccccc3)c1)N2. The fourth-order valence-electron chi connectivity index (χ4n) is 4.21. The number of nitrogens with one attached hydrogen (secondary N) is 2. The zero-order valence-corrected chi connectivity index (χ0v) is 19.0. The number of amides is 1. The molecule has 0 fully saturated rings. The Hall–Kier alpha value is -3.31. The molecule has 0 spiro atoms. The van der Waals surface area contributed by atoms with Gasteiger partial charge in [-0.15, -0.1) is 0 Å². The van der Waals surface area contributed by atoms with Crippen LogP contribution < -0.4 is 15.4 Å². The summed E-state index contributed by atoms with van der Waals surface area (Å²) < 4.78 is 5.24. The van der Waals surface area contributed by atoms with Crippen LogP contribution in [-0.2, 0) is 11.2 Å². The summed E-state index contributed by atoms with van der Waals surface area (Å²) in [6, 6.07) is 20.3. The molecule has 6 heteroatoms. The highest BCUT2D eigenvalue weighted by Crippen LogP contribution is 2.46. The lowest BCUT2D eigenvalue weighted by atomic mass is 9.73. The van der Waals surface area contributed by atoms with Crippen molar-refractivity contribution in [1.82, 2.24) is 0 Å². The highest BCUT2D eigenvalue weighted by atomic mass is 35.5. The van der Waals surface area contributed by atoms with Crippen molar-refractivity contribution in [2.24, 2.45) is 5.41 Å². The van der Waals surface area contributed by atoms with Gasteiger partial charge in [-0.05, 0) is 71.5 Å². The smallest absolute Gasteiger partial charge is 0.308 e. The summed E-state index contributed by atoms with van der Waals surface area (Å²) in [5.41, 5.74) is 4.13. The van der Waals surface area contributed by atoms with Gasteiger partial charge in [0, 0.05) is 28.9 Å². The lowest BCUT2D eigenvalue weighted by Crippen LogP contribution is -2.35. The second-order valence-electron chi connectivity index (χ2n) is 8.75. The van der Waals surface area contributed by atoms with Crippen molar-refractivity contribution in [1.29, 1.82) is 0 Å². The molecule has 32 heavy (non-hydrogen) atoms. The molecule has 0 saturated carbocycles. The zero-order valence-electron chi connectivity index (χ0n) is 18.2. The molecule has 164 valence electrons. The Bertz CT molecular complexity index is 1170. The number of hydrogen-bond acceptors (Lipinski definition) is 4. The number of anilines is 2. The average molecular weight is 449 g/mol. The minimum absolute atomic E-state index is 0.0272. The molecule has 5 nitrogen and oxygen atoms in total. The maximum Gasteiger partial charge on any atom is 0.308 e. The molecule has 1 amide bonds. The molecule has 3 aromatic rings. The first-order chi connectivity index (χ1) is 15.2. The molecular weight excluding hydrogens is 424 g/mol. The van der Waals surface area contributed by atoms with E-state index in [1.807, 2.05) is 42.5 Å². The number of carbonyl (C=O) groups is 2. The summed E-state index contributed by atoms with van der Waals surface area (Å²) in [4.78, 5) is 23.9. The Morgan fingerprint density at radius 2 is 1.81 bits per heavy atom. The van der Waals surface area contributed by atoms with Gasteiger partial charge in [0.15, 0.2) is 0 Å². The fourth-order valence-corrected chi connectivity index (χ4v) is 4.45. The summed E-state index contributed by atoms with van der Waals surface area (Å²) in [5.74, 6) is 0.0221. The van der Waals surface area contributed by atoms with E-state index in [1.165, 1.54) is 6.92 Å². The van der Waals surface area contributed by atoms with Crippen LogP contribution in [0.5, 0.6) is 5.75 Å². The monoisotopic (exact) mass is 448 g/mol. The molecular formula is C26H25ClN2O3. The summed E-state index contributed by atoms with van der Waals surface area (Å²) in [6.07, 6.45) is 0.785. The third-order valence-corrected chi connectivity index (χ3v) is 5.83. The fraction of sp³-hybridized carbons (Fsp3) is 0.231. The standard InChI is InChI=1S/C26H25ClN2O3/c1-16(30)32-22-9-10-23-19(13-22)15-26(2,3)24(29-23)18-11-20(27)14-21(12-18)28-25(31)17-7-5-4-6-8-17/h4-14,24,29H,15H2,1-3H3,(H,28,31). The molecule has 0 aromatic heterocycles. The van der Waals surface area contributed by atoms with Crippen LogP contribution in [0.1, 0.15) is 48.3 Å². The van der Waals surface area contributed by atoms with Gasteiger partial charge in [0.2, 0.25) is 0 Å². The number of fused-ring (bicyclic) bond motifs is 1. The van der Waals surface area contributed by atoms with Gasteiger partial charge in [0.25, 0.3) is 5.91 Å². The first-order valence-electron chi connectivity index (χ1n) is 10.5. The number of halogens is 1. The number of esters is 1. The van der Waals surface area contributed by atoms with Crippen LogP contribution in [0.2, 0.25) is 5.02 Å². The van der Waals surface area contributed by atoms with Crippen LogP contribution in [0.4, 0.5) is 11.4 Å². The number of hydrogen-bond donors (Lipinski definition) is 2. The Kier molecular flexibility index (Phi) is 5.94. The topological polar surface area (TPSA) is 67.4 Å². The Morgan fingerprint density at radius 3 is 2.53 bits per heavy atom. The van der Waals surface area contributed by atoms with E-state index in [2.05, 4.69) is 24.5 Å². The Morgan fingerprint density at radius 1 is 1.06 bits per heavy atom. The second kappa shape index (κ2) is 8.67. The molecule has 0 aliphatic carbocycles. The summed E-state index contributed by atoms with van der Waals surface area (Å²) in [6.45, 7) is 5.75. The molecule has 0 radical (unpaired) electrons. The molecule has 0 saturated heterocycles. The van der Waals surface area contributed by atoms with Crippen LogP contribution >= 0.6 is 11.6 Å². The van der Waals surface area contributed by atoms with Crippen molar-refractivity contribution in [2.75, 3.05) is 10.6 Å². The predicted molar refractivity (Wildman–Crippen MR) is 127 cm³/mol. The van der Waals surface area contributed by atoms with E-state index in [9.17, 15) is 9.59 Å². The third kappa shape index (κ3) is 4.78. The van der Waals surface area contributed by atoms with Crippen molar-refractivity contribution in [3.8, 4) is 5.75 Å². The number of benzene rings is 3. The van der Waals surface area contributed by atoms with Gasteiger partial charge in [0.1, 0.15) is 5.75 Å². The van der Waals surface area contributed by atoms with Crippen molar-refractivity contribution in [3.63, 3.8) is 0 Å². The van der Waals surface area contributed by atoms with Crippen LogP contribution in [-0.4, -0.2) is 11.9 Å². The van der Waals surface area contributed by atoms with E-state index in [1.54, 1.807) is 24.3 Å². The molecule has 1 atom stereocenters. The lowest BCUT2D eigenvalue weighted by Gasteiger charge is -2.41. The highest BCUT2D eigenvalue weighted by Gasteiger charge is 2.36. The normalized spacial score (nSPS) is 16.4. The van der Waals surface area contributed by atoms with E-state index in [4.69, 9.17) is 16.3 Å². The molecule has 1 aliphatic heterocycles. The van der Waals surface area contributed by atoms with Gasteiger partial charge in [-0.3, -0.25) is 9.59 Å². The van der Waals surface area contributed by atoms with E-state index in [0.29, 0.717) is 22.0 Å². The molecule has 3 aromatic carbocycles. The van der Waals surface area contributed by atoms with Gasteiger partial charge in [-0.1, -0.05) is 43.6 Å². The van der Waals surface area contributed by atoms with Crippen molar-refractivity contribution in [2.45, 2.75) is 33.2 Å². The molecule has 1 aliphatic rings. The maximum atomic E-state index is 12.6. The van der Waals surface area contributed by atoms with E-state index in [-0.39, 0.29) is 23.3 Å². The maximum absolute atomic E-state index is 12.6. The van der Waals surface area contributed by atoms with Crippen LogP contribution in [0.15, 0.2) is 66.7 Å². The van der Waals surface area contributed by atoms with E-state index >= 15 is 0 Å². The molecule has 1 heterocycles. The van der Waals surface area contributed by atoms with Crippen molar-refractivity contribution >= 4 is 34.9 Å². The van der Waals surface area contributed by atoms with Crippen LogP contribution in [0, 0.1) is 5.41 Å². The minimum atomic E-state index is -0.338. The second-order valence-corrected chi connectivity index (χ2v) is 9.19. The van der Waals surface area contributed by atoms with Crippen molar-refractivity contribution in [3.05, 3.63) is 88.4 Å². The Labute approximate surface area is 192 Å². The number of carbonyl (C=O) groups excluding carboxylic acids is 2. The van der Waals surface area contributed by atoms with Gasteiger partial charge < -0.3 is 15.4 Å². The minimum Gasteiger partial charge on any atom is -0.427 e. The lowest BCUT2D eigenvalue weighted by molar-refractivity contribution is -0.131. The van der Waals surface area contributed by atoms with Gasteiger partial charge in [0.05, 0.1) is 6.04 Å². The summed E-state index contributed by atoms with van der Waals surface area (Å²) in [7, 11) is 0. The van der Waals surface area contributed by atoms with Crippen molar-refractivity contribution < 1.29 is 14.3 Å². The average Bonchev–Trinajstić information content (AvgIpc) is 2.72. The molecule has 2 N–H and O–H groups in total. The molecule has 1 unspecified atom stereocenters. The summed E-state index contributed by atoms with van der Waals surface area (Å²) >= 11 is 6.43. The van der Waals surface area contributed by atoms with Gasteiger partial charge in [-0.2, -0.15) is 0 Å². The predicted octanol–water partition coefficient (Wildman–Crippen LogP) is 6.25. The zero-order chi connectivity index (χ0) is 22.9. The first-order valence-corrected chi connectivity index (χ1v) is 10.8. The number of ether oxygens (including phenoxy) is 1. The van der Waals surface area contributed by atoms with E-state index in [0.717, 1.165) is 23.2 Å². The van der Waals surface area contributed by atoms with Gasteiger partial charge in [-0.25, -0.2) is 0 Å². The quantitative estimate of drug-likeness (QED) is 0.365. The van der Waals surface area contributed by atoms with Gasteiger partial charge >= 0.3 is 5.97 Å². The largest absolute Gasteiger partial charge is 0.427 e. The number of rotatable bonds is 4. The Balaban J connectivity index is 1.62. The van der Waals surface area contributed by atoms with E-state index < -0.39 is 0 Å². The molecule has 0 bridgehead atoms. The van der Waals surface area contributed by atoms with Crippen LogP contribution in [0.25, 0.3) is 0 Å².